The summed E-state index contributed by atoms with van der Waals surface area (Å²) in [5, 5.41) is 5.81. The molecule has 0 spiro atoms. The highest BCUT2D eigenvalue weighted by atomic mass is 16.2. The van der Waals surface area contributed by atoms with Gasteiger partial charge >= 0.3 is 12.1 Å². The van der Waals surface area contributed by atoms with E-state index in [0.717, 1.165) is 49.5 Å². The van der Waals surface area contributed by atoms with Crippen molar-refractivity contribution in [2.75, 3.05) is 38.0 Å². The van der Waals surface area contributed by atoms with Gasteiger partial charge in [-0.3, -0.25) is 4.79 Å². The van der Waals surface area contributed by atoms with Crippen molar-refractivity contribution < 1.29 is 14.4 Å². The molecule has 3 fully saturated rings. The number of piperidine rings is 2. The van der Waals surface area contributed by atoms with Gasteiger partial charge in [-0.05, 0) is 49.1 Å². The third kappa shape index (κ3) is 4.80. The first kappa shape index (κ1) is 22.0. The Morgan fingerprint density at radius 1 is 0.939 bits per heavy atom. The molecule has 8 nitrogen and oxygen atoms in total. The Labute approximate surface area is 195 Å². The van der Waals surface area contributed by atoms with Gasteiger partial charge in [-0.15, -0.1) is 0 Å². The number of amides is 5. The minimum absolute atomic E-state index is 0.0333. The molecule has 2 atom stereocenters. The molecule has 2 saturated heterocycles. The van der Waals surface area contributed by atoms with E-state index in [4.69, 9.17) is 0 Å². The lowest BCUT2D eigenvalue weighted by Crippen LogP contribution is -2.54. The van der Waals surface area contributed by atoms with E-state index in [1.165, 1.54) is 25.7 Å². The van der Waals surface area contributed by atoms with Crippen molar-refractivity contribution in [3.8, 4) is 0 Å². The lowest BCUT2D eigenvalue weighted by Gasteiger charge is -2.41. The van der Waals surface area contributed by atoms with E-state index >= 15 is 0 Å². The third-order valence-corrected chi connectivity index (χ3v) is 8.09. The van der Waals surface area contributed by atoms with Crippen molar-refractivity contribution in [3.05, 3.63) is 29.8 Å². The summed E-state index contributed by atoms with van der Waals surface area (Å²) < 4.78 is 0. The van der Waals surface area contributed by atoms with Gasteiger partial charge in [0.15, 0.2) is 0 Å². The average molecular weight is 454 g/mol. The zero-order chi connectivity index (χ0) is 22.8. The van der Waals surface area contributed by atoms with E-state index in [1.807, 2.05) is 34.1 Å². The molecule has 8 heteroatoms. The standard InChI is InChI=1S/C25H35N5O3/c31-23(29-12-9-18-5-1-2-6-19(18)16-29)15-26-24(32)28-13-10-21(11-14-28)30-17-20-7-3-4-8-22(20)27-25(30)33/h3-4,7-8,18-19,21H,1-2,5-6,9-17H2,(H,26,32)(H,27,33). The summed E-state index contributed by atoms with van der Waals surface area (Å²) in [6.07, 6.45) is 7.74. The maximum atomic E-state index is 12.7. The Morgan fingerprint density at radius 3 is 2.48 bits per heavy atom. The summed E-state index contributed by atoms with van der Waals surface area (Å²) in [6, 6.07) is 7.75. The monoisotopic (exact) mass is 453 g/mol. The van der Waals surface area contributed by atoms with Crippen LogP contribution in [0.25, 0.3) is 0 Å². The Balaban J connectivity index is 1.07. The van der Waals surface area contributed by atoms with E-state index in [2.05, 4.69) is 10.6 Å². The second-order valence-electron chi connectivity index (χ2n) is 10.0. The van der Waals surface area contributed by atoms with E-state index < -0.39 is 0 Å². The van der Waals surface area contributed by atoms with Crippen molar-refractivity contribution in [1.29, 1.82) is 0 Å². The number of hydrogen-bond acceptors (Lipinski definition) is 3. The summed E-state index contributed by atoms with van der Waals surface area (Å²) in [4.78, 5) is 43.5. The molecule has 0 aromatic heterocycles. The number of anilines is 1. The van der Waals surface area contributed by atoms with Crippen molar-refractivity contribution in [1.82, 2.24) is 20.0 Å². The van der Waals surface area contributed by atoms with Crippen LogP contribution in [0.15, 0.2) is 24.3 Å². The van der Waals surface area contributed by atoms with Crippen LogP contribution in [-0.2, 0) is 11.3 Å². The highest BCUT2D eigenvalue weighted by molar-refractivity contribution is 5.92. The minimum Gasteiger partial charge on any atom is -0.341 e. The highest BCUT2D eigenvalue weighted by Gasteiger charge is 2.34. The molecule has 3 heterocycles. The Hall–Kier alpha value is -2.77. The molecule has 178 valence electrons. The molecule has 1 aromatic carbocycles. The van der Waals surface area contributed by atoms with Crippen LogP contribution in [0.1, 0.15) is 50.5 Å². The molecule has 3 aliphatic heterocycles. The van der Waals surface area contributed by atoms with Crippen LogP contribution >= 0.6 is 0 Å². The number of urea groups is 2. The van der Waals surface area contributed by atoms with Crippen LogP contribution in [0.4, 0.5) is 15.3 Å². The summed E-state index contributed by atoms with van der Waals surface area (Å²) in [5.41, 5.74) is 2.00. The molecule has 2 unspecified atom stereocenters. The number of likely N-dealkylation sites (tertiary alicyclic amines) is 2. The predicted octanol–water partition coefficient (Wildman–Crippen LogP) is 3.25. The van der Waals surface area contributed by atoms with Crippen molar-refractivity contribution in [3.63, 3.8) is 0 Å². The fourth-order valence-corrected chi connectivity index (χ4v) is 6.10. The van der Waals surface area contributed by atoms with Gasteiger partial charge in [0.05, 0.1) is 6.54 Å². The van der Waals surface area contributed by atoms with Gasteiger partial charge in [-0.25, -0.2) is 9.59 Å². The first-order chi connectivity index (χ1) is 16.1. The number of carbonyl (C=O) groups excluding carboxylic acids is 3. The molecule has 0 radical (unpaired) electrons. The van der Waals surface area contributed by atoms with Crippen LogP contribution in [-0.4, -0.2) is 71.4 Å². The SMILES string of the molecule is O=C(CNC(=O)N1CCC(N2Cc3ccccc3NC2=O)CC1)N1CCC2CCCCC2C1. The molecule has 1 aliphatic carbocycles. The highest BCUT2D eigenvalue weighted by Crippen LogP contribution is 2.36. The number of nitrogens with zero attached hydrogens (tertiary/aromatic N) is 3. The lowest BCUT2D eigenvalue weighted by atomic mass is 9.75. The van der Waals surface area contributed by atoms with Crippen molar-refractivity contribution in [2.45, 2.75) is 57.5 Å². The number of nitrogens with one attached hydrogen (secondary N) is 2. The number of rotatable bonds is 3. The van der Waals surface area contributed by atoms with Crippen molar-refractivity contribution in [2.24, 2.45) is 11.8 Å². The molecule has 1 aromatic rings. The summed E-state index contributed by atoms with van der Waals surface area (Å²) in [7, 11) is 0. The van der Waals surface area contributed by atoms with E-state index in [-0.39, 0.29) is 30.6 Å². The zero-order valence-corrected chi connectivity index (χ0v) is 19.3. The molecule has 4 aliphatic rings. The second-order valence-corrected chi connectivity index (χ2v) is 10.0. The van der Waals surface area contributed by atoms with Gasteiger partial charge in [0.25, 0.3) is 0 Å². The Kier molecular flexibility index (Phi) is 6.42. The number of para-hydroxylation sites is 1. The number of benzene rings is 1. The van der Waals surface area contributed by atoms with Crippen LogP contribution in [0, 0.1) is 11.8 Å². The number of carbonyl (C=O) groups is 3. The fourth-order valence-electron chi connectivity index (χ4n) is 6.10. The van der Waals surface area contributed by atoms with Gasteiger partial charge in [0.2, 0.25) is 5.91 Å². The summed E-state index contributed by atoms with van der Waals surface area (Å²) >= 11 is 0. The summed E-state index contributed by atoms with van der Waals surface area (Å²) in [6.45, 7) is 3.52. The lowest BCUT2D eigenvalue weighted by molar-refractivity contribution is -0.133. The molecule has 5 rings (SSSR count). The van der Waals surface area contributed by atoms with Crippen LogP contribution < -0.4 is 10.6 Å². The van der Waals surface area contributed by atoms with Gasteiger partial charge in [-0.2, -0.15) is 0 Å². The van der Waals surface area contributed by atoms with Crippen LogP contribution in [0.5, 0.6) is 0 Å². The fraction of sp³-hybridized carbons (Fsp3) is 0.640. The molecule has 0 bridgehead atoms. The maximum absolute atomic E-state index is 12.7. The zero-order valence-electron chi connectivity index (χ0n) is 19.3. The van der Waals surface area contributed by atoms with E-state index in [0.29, 0.717) is 25.6 Å². The molecule has 2 N–H and O–H groups in total. The van der Waals surface area contributed by atoms with Gasteiger partial charge < -0.3 is 25.3 Å². The second kappa shape index (κ2) is 9.61. The van der Waals surface area contributed by atoms with E-state index in [9.17, 15) is 14.4 Å². The Bertz CT molecular complexity index is 898. The Morgan fingerprint density at radius 2 is 1.67 bits per heavy atom. The molecule has 1 saturated carbocycles. The van der Waals surface area contributed by atoms with Crippen LogP contribution in [0.2, 0.25) is 0 Å². The summed E-state index contributed by atoms with van der Waals surface area (Å²) in [5.74, 6) is 1.46. The van der Waals surface area contributed by atoms with Gasteiger partial charge in [0, 0.05) is 44.5 Å². The average Bonchev–Trinajstić information content (AvgIpc) is 2.86. The third-order valence-electron chi connectivity index (χ3n) is 8.09. The molecular weight excluding hydrogens is 418 g/mol. The normalized spacial score (nSPS) is 25.7. The number of hydrogen-bond donors (Lipinski definition) is 2. The quantitative estimate of drug-likeness (QED) is 0.737. The molecule has 33 heavy (non-hydrogen) atoms. The maximum Gasteiger partial charge on any atom is 0.322 e. The topological polar surface area (TPSA) is 85.0 Å². The number of fused-ring (bicyclic) bond motifs is 2. The predicted molar refractivity (Wildman–Crippen MR) is 126 cm³/mol. The smallest absolute Gasteiger partial charge is 0.322 e. The van der Waals surface area contributed by atoms with E-state index in [1.54, 1.807) is 4.90 Å². The minimum atomic E-state index is -0.178. The largest absolute Gasteiger partial charge is 0.341 e. The first-order valence-corrected chi connectivity index (χ1v) is 12.5. The first-order valence-electron chi connectivity index (χ1n) is 12.5. The molecule has 5 amide bonds. The van der Waals surface area contributed by atoms with Crippen LogP contribution in [0.3, 0.4) is 0 Å². The van der Waals surface area contributed by atoms with Gasteiger partial charge in [-0.1, -0.05) is 37.5 Å². The van der Waals surface area contributed by atoms with Gasteiger partial charge in [0.1, 0.15) is 0 Å². The van der Waals surface area contributed by atoms with Crippen molar-refractivity contribution >= 4 is 23.7 Å². The molecular formula is C25H35N5O3.